The third-order valence-corrected chi connectivity index (χ3v) is 3.68. The van der Waals surface area contributed by atoms with E-state index >= 15 is 0 Å². The molecule has 0 spiro atoms. The minimum atomic E-state index is -4.40. The predicted octanol–water partition coefficient (Wildman–Crippen LogP) is 5.78. The van der Waals surface area contributed by atoms with Crippen LogP contribution in [0.2, 0.25) is 0 Å². The molecule has 0 amide bonds. The van der Waals surface area contributed by atoms with E-state index in [-0.39, 0.29) is 11.1 Å². The third kappa shape index (κ3) is 7.65. The number of alkyl halides is 6. The van der Waals surface area contributed by atoms with Crippen LogP contribution in [0.15, 0.2) is 54.1 Å². The lowest BCUT2D eigenvalue weighted by Gasteiger charge is -2.06. The molecule has 0 atom stereocenters. The van der Waals surface area contributed by atoms with Crippen LogP contribution in [0.25, 0.3) is 6.08 Å². The second-order valence-corrected chi connectivity index (χ2v) is 6.03. The van der Waals surface area contributed by atoms with Crippen LogP contribution in [0, 0.1) is 0 Å². The van der Waals surface area contributed by atoms with E-state index in [0.717, 1.165) is 36.4 Å². The summed E-state index contributed by atoms with van der Waals surface area (Å²) in [5.74, 6) is -0.829. The number of Topliss-reactive ketones (excluding diaryl/α,β-unsaturated/α-hetero) is 2. The molecular weight excluding hydrogens is 414 g/mol. The molecule has 0 N–H and O–H groups in total. The Hall–Kier alpha value is -3.23. The van der Waals surface area contributed by atoms with Gasteiger partial charge in [-0.3, -0.25) is 14.4 Å². The second-order valence-electron chi connectivity index (χ2n) is 6.03. The van der Waals surface area contributed by atoms with Crippen LogP contribution >= 0.6 is 0 Å². The van der Waals surface area contributed by atoms with Crippen molar-refractivity contribution in [2.75, 3.05) is 0 Å². The Morgan fingerprint density at radius 3 is 1.27 bits per heavy atom. The summed E-state index contributed by atoms with van der Waals surface area (Å²) >= 11 is 0. The van der Waals surface area contributed by atoms with Gasteiger partial charge in [0.1, 0.15) is 6.29 Å². The highest BCUT2D eigenvalue weighted by atomic mass is 19.4. The highest BCUT2D eigenvalue weighted by Gasteiger charge is 2.30. The zero-order valence-electron chi connectivity index (χ0n) is 15.8. The van der Waals surface area contributed by atoms with Crippen molar-refractivity contribution in [1.29, 1.82) is 0 Å². The van der Waals surface area contributed by atoms with Crippen LogP contribution in [0.1, 0.15) is 40.9 Å². The third-order valence-electron chi connectivity index (χ3n) is 3.68. The molecule has 0 aromatic heterocycles. The maximum absolute atomic E-state index is 12.3. The summed E-state index contributed by atoms with van der Waals surface area (Å²) < 4.78 is 72.8. The molecule has 2 aromatic carbocycles. The van der Waals surface area contributed by atoms with Gasteiger partial charge in [0.05, 0.1) is 16.7 Å². The number of hydrogen-bond donors (Lipinski definition) is 0. The molecule has 0 fully saturated rings. The fourth-order valence-corrected chi connectivity index (χ4v) is 2.14. The van der Waals surface area contributed by atoms with Crippen LogP contribution in [0.5, 0.6) is 0 Å². The van der Waals surface area contributed by atoms with Crippen LogP contribution in [0.4, 0.5) is 26.3 Å². The van der Waals surface area contributed by atoms with E-state index < -0.39 is 35.0 Å². The van der Waals surface area contributed by atoms with Gasteiger partial charge in [-0.15, -0.1) is 0 Å². The lowest BCUT2D eigenvalue weighted by atomic mass is 10.0. The molecule has 0 radical (unpaired) electrons. The van der Waals surface area contributed by atoms with Crippen molar-refractivity contribution in [3.05, 3.63) is 76.4 Å². The molecule has 0 saturated carbocycles. The zero-order chi connectivity index (χ0) is 23.1. The molecule has 160 valence electrons. The smallest absolute Gasteiger partial charge is 0.298 e. The number of halogens is 6. The monoisotopic (exact) mass is 430 g/mol. The van der Waals surface area contributed by atoms with Gasteiger partial charge in [-0.1, -0.05) is 24.3 Å². The van der Waals surface area contributed by atoms with E-state index in [0.29, 0.717) is 11.8 Å². The normalized spacial score (nSPS) is 11.1. The Kier molecular flexibility index (Phi) is 8.27. The van der Waals surface area contributed by atoms with E-state index in [2.05, 4.69) is 0 Å². The van der Waals surface area contributed by atoms with Crippen molar-refractivity contribution in [3.63, 3.8) is 0 Å². The van der Waals surface area contributed by atoms with Gasteiger partial charge in [0.15, 0.2) is 11.6 Å². The first-order valence-corrected chi connectivity index (χ1v) is 8.29. The van der Waals surface area contributed by atoms with E-state index in [1.165, 1.54) is 32.1 Å². The van der Waals surface area contributed by atoms with Gasteiger partial charge in [-0.05, 0) is 49.8 Å². The van der Waals surface area contributed by atoms with Gasteiger partial charge in [0.2, 0.25) is 0 Å². The predicted molar refractivity (Wildman–Crippen MR) is 97.6 cm³/mol. The van der Waals surface area contributed by atoms with E-state index in [1.807, 2.05) is 0 Å². The summed E-state index contributed by atoms with van der Waals surface area (Å²) in [6, 6.07) is 8.27. The van der Waals surface area contributed by atoms with Crippen molar-refractivity contribution in [2.24, 2.45) is 0 Å². The van der Waals surface area contributed by atoms with E-state index in [4.69, 9.17) is 0 Å². The Labute approximate surface area is 168 Å². The number of ketones is 2. The van der Waals surface area contributed by atoms with Gasteiger partial charge in [0, 0.05) is 5.56 Å². The average molecular weight is 430 g/mol. The van der Waals surface area contributed by atoms with Gasteiger partial charge in [-0.25, -0.2) is 0 Å². The molecular formula is C21H16F6O3. The second kappa shape index (κ2) is 10.00. The Bertz CT molecular complexity index is 905. The van der Waals surface area contributed by atoms with Crippen molar-refractivity contribution >= 4 is 23.9 Å². The first-order chi connectivity index (χ1) is 13.8. The Morgan fingerprint density at radius 2 is 1.00 bits per heavy atom. The van der Waals surface area contributed by atoms with E-state index in [9.17, 15) is 40.7 Å². The SMILES string of the molecule is CC(=O)C(=Cc1ccc(C(F)(F)F)cc1)C(C)=O.O=Cc1ccc(C(F)(F)F)cc1. The van der Waals surface area contributed by atoms with Gasteiger partial charge in [-0.2, -0.15) is 26.3 Å². The number of carbonyl (C=O) groups excluding carboxylic acids is 3. The largest absolute Gasteiger partial charge is 0.416 e. The summed E-state index contributed by atoms with van der Waals surface area (Å²) in [5, 5.41) is 0. The summed E-state index contributed by atoms with van der Waals surface area (Å²) in [6.45, 7) is 2.47. The summed E-state index contributed by atoms with van der Waals surface area (Å²) in [5.41, 5.74) is -0.930. The lowest BCUT2D eigenvalue weighted by molar-refractivity contribution is -0.138. The Balaban J connectivity index is 0.000000325. The van der Waals surface area contributed by atoms with Gasteiger partial charge in [0.25, 0.3) is 0 Å². The molecule has 2 aromatic rings. The van der Waals surface area contributed by atoms with Gasteiger partial charge >= 0.3 is 12.4 Å². The van der Waals surface area contributed by atoms with Crippen molar-refractivity contribution in [1.82, 2.24) is 0 Å². The molecule has 0 saturated heterocycles. The molecule has 0 aliphatic heterocycles. The van der Waals surface area contributed by atoms with Crippen LogP contribution in [-0.2, 0) is 21.9 Å². The first-order valence-electron chi connectivity index (χ1n) is 8.29. The molecule has 9 heteroatoms. The molecule has 0 unspecified atom stereocenters. The van der Waals surface area contributed by atoms with Gasteiger partial charge < -0.3 is 0 Å². The lowest BCUT2D eigenvalue weighted by Crippen LogP contribution is -2.06. The fraction of sp³-hybridized carbons (Fsp3) is 0.190. The summed E-state index contributed by atoms with van der Waals surface area (Å²) in [6.07, 6.45) is -6.95. The molecule has 0 bridgehead atoms. The molecule has 30 heavy (non-hydrogen) atoms. The van der Waals surface area contributed by atoms with Crippen LogP contribution < -0.4 is 0 Å². The van der Waals surface area contributed by atoms with Crippen molar-refractivity contribution in [3.8, 4) is 0 Å². The standard InChI is InChI=1S/C13H11F3O2.C8H5F3O/c1-8(17)12(9(2)18)7-10-3-5-11(6-4-10)13(14,15)16;9-8(10,11)7-3-1-6(5-12)2-4-7/h3-7H,1-2H3;1-5H. The molecule has 3 nitrogen and oxygen atoms in total. The quantitative estimate of drug-likeness (QED) is 0.203. The molecule has 2 rings (SSSR count). The number of benzene rings is 2. The first kappa shape index (κ1) is 24.8. The molecule has 0 aliphatic rings. The number of aldehydes is 1. The van der Waals surface area contributed by atoms with Crippen molar-refractivity contribution < 1.29 is 40.7 Å². The Morgan fingerprint density at radius 1 is 0.667 bits per heavy atom. The highest BCUT2D eigenvalue weighted by molar-refractivity contribution is 6.21. The van der Waals surface area contributed by atoms with E-state index in [1.54, 1.807) is 0 Å². The van der Waals surface area contributed by atoms with Crippen LogP contribution in [-0.4, -0.2) is 17.9 Å². The average Bonchev–Trinajstić information content (AvgIpc) is 2.65. The fourth-order valence-electron chi connectivity index (χ4n) is 2.14. The van der Waals surface area contributed by atoms with Crippen molar-refractivity contribution in [2.45, 2.75) is 26.2 Å². The number of carbonyl (C=O) groups is 3. The topological polar surface area (TPSA) is 51.2 Å². The highest BCUT2D eigenvalue weighted by Crippen LogP contribution is 2.30. The number of hydrogen-bond acceptors (Lipinski definition) is 3. The minimum absolute atomic E-state index is 0.0326. The number of allylic oxidation sites excluding steroid dienone is 1. The summed E-state index contributed by atoms with van der Waals surface area (Å²) in [7, 11) is 0. The molecule has 0 heterocycles. The maximum Gasteiger partial charge on any atom is 0.416 e. The maximum atomic E-state index is 12.3. The van der Waals surface area contributed by atoms with Crippen LogP contribution in [0.3, 0.4) is 0 Å². The number of rotatable bonds is 4. The minimum Gasteiger partial charge on any atom is -0.298 e. The molecule has 0 aliphatic carbocycles. The zero-order valence-corrected chi connectivity index (χ0v) is 15.8. The summed E-state index contributed by atoms with van der Waals surface area (Å²) in [4.78, 5) is 32.4.